The van der Waals surface area contributed by atoms with Crippen molar-refractivity contribution < 1.29 is 4.79 Å². The van der Waals surface area contributed by atoms with Gasteiger partial charge in [0.2, 0.25) is 11.1 Å². The molecule has 2 aromatic carbocycles. The number of H-pyrrole nitrogens is 1. The molecule has 3 aromatic rings. The van der Waals surface area contributed by atoms with Gasteiger partial charge >= 0.3 is 0 Å². The van der Waals surface area contributed by atoms with Crippen LogP contribution >= 0.6 is 11.8 Å². The minimum Gasteiger partial charge on any atom is -0.355 e. The highest BCUT2D eigenvalue weighted by Crippen LogP contribution is 2.19. The standard InChI is InChI=1S/C19H20N4OS/c1-14-6-5-9-16(12-14)18-21-19(23-22-18)25-13-17(24)20-11-10-15-7-3-2-4-8-15/h2-9,12H,10-11,13H2,1H3,(H,20,24)(H,21,22,23). The molecule has 0 aliphatic heterocycles. The molecule has 0 bridgehead atoms. The van der Waals surface area contributed by atoms with Gasteiger partial charge in [-0.15, -0.1) is 5.10 Å². The molecular formula is C19H20N4OS. The van der Waals surface area contributed by atoms with Crippen molar-refractivity contribution in [2.45, 2.75) is 18.5 Å². The second-order valence-electron chi connectivity index (χ2n) is 5.71. The van der Waals surface area contributed by atoms with Gasteiger partial charge in [0.05, 0.1) is 5.75 Å². The van der Waals surface area contributed by atoms with Gasteiger partial charge in [-0.3, -0.25) is 9.89 Å². The van der Waals surface area contributed by atoms with Crippen molar-refractivity contribution in [3.8, 4) is 11.4 Å². The number of carbonyl (C=O) groups is 1. The Morgan fingerprint density at radius 3 is 2.80 bits per heavy atom. The number of amides is 1. The monoisotopic (exact) mass is 352 g/mol. The van der Waals surface area contributed by atoms with Gasteiger partial charge in [0.15, 0.2) is 5.82 Å². The largest absolute Gasteiger partial charge is 0.355 e. The number of thioether (sulfide) groups is 1. The third kappa shape index (κ3) is 5.19. The highest BCUT2D eigenvalue weighted by molar-refractivity contribution is 7.99. The molecule has 6 heteroatoms. The fourth-order valence-corrected chi connectivity index (χ4v) is 3.03. The zero-order chi connectivity index (χ0) is 17.5. The number of aromatic amines is 1. The van der Waals surface area contributed by atoms with Gasteiger partial charge < -0.3 is 5.32 Å². The Hall–Kier alpha value is -2.60. The molecule has 1 heterocycles. The van der Waals surface area contributed by atoms with E-state index in [1.807, 2.05) is 49.4 Å². The summed E-state index contributed by atoms with van der Waals surface area (Å²) in [6.07, 6.45) is 0.829. The van der Waals surface area contributed by atoms with E-state index in [0.717, 1.165) is 17.8 Å². The molecule has 0 aliphatic carbocycles. The average Bonchev–Trinajstić information content (AvgIpc) is 3.10. The van der Waals surface area contributed by atoms with Gasteiger partial charge in [0.25, 0.3) is 0 Å². The Balaban J connectivity index is 1.45. The number of benzene rings is 2. The maximum atomic E-state index is 11.9. The molecule has 3 rings (SSSR count). The van der Waals surface area contributed by atoms with Crippen molar-refractivity contribution in [1.82, 2.24) is 20.5 Å². The van der Waals surface area contributed by atoms with E-state index in [1.165, 1.54) is 22.9 Å². The normalized spacial score (nSPS) is 10.6. The molecule has 0 aliphatic rings. The Kier molecular flexibility index (Phi) is 5.85. The number of aromatic nitrogens is 3. The summed E-state index contributed by atoms with van der Waals surface area (Å²) in [5.74, 6) is 1.01. The van der Waals surface area contributed by atoms with Crippen LogP contribution in [-0.2, 0) is 11.2 Å². The van der Waals surface area contributed by atoms with E-state index < -0.39 is 0 Å². The number of aryl methyl sites for hydroxylation is 1. The second-order valence-corrected chi connectivity index (χ2v) is 6.65. The molecular weight excluding hydrogens is 332 g/mol. The van der Waals surface area contributed by atoms with E-state index in [2.05, 4.69) is 32.6 Å². The van der Waals surface area contributed by atoms with Crippen LogP contribution < -0.4 is 5.32 Å². The van der Waals surface area contributed by atoms with Crippen LogP contribution in [0.5, 0.6) is 0 Å². The summed E-state index contributed by atoms with van der Waals surface area (Å²) in [7, 11) is 0. The maximum absolute atomic E-state index is 11.9. The Morgan fingerprint density at radius 1 is 1.16 bits per heavy atom. The summed E-state index contributed by atoms with van der Waals surface area (Å²) in [4.78, 5) is 16.4. The molecule has 0 fully saturated rings. The molecule has 0 atom stereocenters. The third-order valence-electron chi connectivity index (χ3n) is 3.67. The van der Waals surface area contributed by atoms with Crippen molar-refractivity contribution in [3.05, 3.63) is 65.7 Å². The molecule has 25 heavy (non-hydrogen) atoms. The van der Waals surface area contributed by atoms with Gasteiger partial charge in [-0.2, -0.15) is 0 Å². The lowest BCUT2D eigenvalue weighted by molar-refractivity contribution is -0.118. The Bertz CT molecular complexity index is 832. The van der Waals surface area contributed by atoms with Crippen LogP contribution in [0.25, 0.3) is 11.4 Å². The molecule has 0 saturated heterocycles. The van der Waals surface area contributed by atoms with E-state index in [4.69, 9.17) is 0 Å². The third-order valence-corrected chi connectivity index (χ3v) is 4.51. The van der Waals surface area contributed by atoms with Crippen molar-refractivity contribution in [2.75, 3.05) is 12.3 Å². The van der Waals surface area contributed by atoms with E-state index in [1.54, 1.807) is 0 Å². The first-order chi connectivity index (χ1) is 12.2. The van der Waals surface area contributed by atoms with Crippen LogP contribution in [0.2, 0.25) is 0 Å². The first-order valence-electron chi connectivity index (χ1n) is 8.13. The minimum absolute atomic E-state index is 0.0113. The summed E-state index contributed by atoms with van der Waals surface area (Å²) in [5, 5.41) is 10.6. The van der Waals surface area contributed by atoms with Gasteiger partial charge in [0.1, 0.15) is 0 Å². The van der Waals surface area contributed by atoms with Crippen LogP contribution in [0.15, 0.2) is 59.8 Å². The number of hydrogen-bond donors (Lipinski definition) is 2. The Morgan fingerprint density at radius 2 is 2.00 bits per heavy atom. The summed E-state index contributed by atoms with van der Waals surface area (Å²) < 4.78 is 0. The lowest BCUT2D eigenvalue weighted by Crippen LogP contribution is -2.27. The summed E-state index contributed by atoms with van der Waals surface area (Å²) in [6.45, 7) is 2.67. The molecule has 5 nitrogen and oxygen atoms in total. The van der Waals surface area contributed by atoms with E-state index in [-0.39, 0.29) is 5.91 Å². The number of nitrogens with one attached hydrogen (secondary N) is 2. The number of nitrogens with zero attached hydrogens (tertiary/aromatic N) is 2. The molecule has 0 spiro atoms. The molecule has 0 saturated carbocycles. The fourth-order valence-electron chi connectivity index (χ4n) is 2.40. The minimum atomic E-state index is -0.0113. The van der Waals surface area contributed by atoms with Crippen molar-refractivity contribution in [1.29, 1.82) is 0 Å². The van der Waals surface area contributed by atoms with E-state index >= 15 is 0 Å². The van der Waals surface area contributed by atoms with Crippen LogP contribution in [0.1, 0.15) is 11.1 Å². The quantitative estimate of drug-likeness (QED) is 0.641. The van der Waals surface area contributed by atoms with Crippen LogP contribution in [0.4, 0.5) is 0 Å². The Labute approximate surface area is 151 Å². The zero-order valence-electron chi connectivity index (χ0n) is 14.0. The molecule has 0 unspecified atom stereocenters. The average molecular weight is 352 g/mol. The van der Waals surface area contributed by atoms with Crippen molar-refractivity contribution in [2.24, 2.45) is 0 Å². The van der Waals surface area contributed by atoms with Gasteiger partial charge in [-0.05, 0) is 25.0 Å². The van der Waals surface area contributed by atoms with E-state index in [9.17, 15) is 4.79 Å². The van der Waals surface area contributed by atoms with Crippen molar-refractivity contribution in [3.63, 3.8) is 0 Å². The predicted octanol–water partition coefficient (Wildman–Crippen LogP) is 3.23. The van der Waals surface area contributed by atoms with Gasteiger partial charge in [0, 0.05) is 12.1 Å². The first kappa shape index (κ1) is 17.2. The zero-order valence-corrected chi connectivity index (χ0v) is 14.8. The van der Waals surface area contributed by atoms with Crippen LogP contribution in [0, 0.1) is 6.92 Å². The molecule has 0 radical (unpaired) electrons. The van der Waals surface area contributed by atoms with Crippen LogP contribution in [0.3, 0.4) is 0 Å². The number of hydrogen-bond acceptors (Lipinski definition) is 4. The predicted molar refractivity (Wildman–Crippen MR) is 100 cm³/mol. The molecule has 1 amide bonds. The molecule has 128 valence electrons. The number of carbonyl (C=O) groups excluding carboxylic acids is 1. The SMILES string of the molecule is Cc1cccc(-c2nc(SCC(=O)NCCc3ccccc3)n[nH]2)c1. The fraction of sp³-hybridized carbons (Fsp3) is 0.211. The molecule has 1 aromatic heterocycles. The first-order valence-corrected chi connectivity index (χ1v) is 9.12. The van der Waals surface area contributed by atoms with Crippen LogP contribution in [-0.4, -0.2) is 33.4 Å². The highest BCUT2D eigenvalue weighted by Gasteiger charge is 2.09. The summed E-state index contributed by atoms with van der Waals surface area (Å²) in [5.41, 5.74) is 3.37. The summed E-state index contributed by atoms with van der Waals surface area (Å²) in [6, 6.07) is 18.2. The smallest absolute Gasteiger partial charge is 0.230 e. The molecule has 2 N–H and O–H groups in total. The number of rotatable bonds is 7. The van der Waals surface area contributed by atoms with E-state index in [0.29, 0.717) is 17.5 Å². The topological polar surface area (TPSA) is 70.7 Å². The highest BCUT2D eigenvalue weighted by atomic mass is 32.2. The lowest BCUT2D eigenvalue weighted by Gasteiger charge is -2.04. The lowest BCUT2D eigenvalue weighted by atomic mass is 10.1. The van der Waals surface area contributed by atoms with Gasteiger partial charge in [-0.25, -0.2) is 4.98 Å². The van der Waals surface area contributed by atoms with Gasteiger partial charge in [-0.1, -0.05) is 65.9 Å². The maximum Gasteiger partial charge on any atom is 0.230 e. The van der Waals surface area contributed by atoms with Crippen molar-refractivity contribution >= 4 is 17.7 Å². The second kappa shape index (κ2) is 8.48. The summed E-state index contributed by atoms with van der Waals surface area (Å²) >= 11 is 1.33.